The second-order valence-electron chi connectivity index (χ2n) is 6.46. The minimum Gasteiger partial charge on any atom is -0.349 e. The molecule has 1 aliphatic rings. The SMILES string of the molecule is CCc1cccc(NC(=O)Cn2c(C)ncc(C(=O)NC3CC3)c2=O)c1. The lowest BCUT2D eigenvalue weighted by Crippen LogP contribution is -2.37. The predicted octanol–water partition coefficient (Wildman–Crippen LogP) is 1.65. The Bertz CT molecular complexity index is 900. The molecule has 2 amide bonds. The number of rotatable bonds is 6. The number of carbonyl (C=O) groups excluding carboxylic acids is 2. The quantitative estimate of drug-likeness (QED) is 0.825. The van der Waals surface area contributed by atoms with E-state index in [4.69, 9.17) is 0 Å². The van der Waals surface area contributed by atoms with Crippen LogP contribution in [-0.2, 0) is 17.8 Å². The van der Waals surface area contributed by atoms with Gasteiger partial charge in [-0.15, -0.1) is 0 Å². The Balaban J connectivity index is 1.76. The molecule has 0 unspecified atom stereocenters. The van der Waals surface area contributed by atoms with Gasteiger partial charge in [-0.1, -0.05) is 19.1 Å². The highest BCUT2D eigenvalue weighted by Crippen LogP contribution is 2.18. The number of nitrogens with zero attached hydrogens (tertiary/aromatic N) is 2. The first-order valence-corrected chi connectivity index (χ1v) is 8.74. The largest absolute Gasteiger partial charge is 0.349 e. The number of hydrogen-bond donors (Lipinski definition) is 2. The Hall–Kier alpha value is -2.96. The Kier molecular flexibility index (Phi) is 5.16. The van der Waals surface area contributed by atoms with Crippen molar-refractivity contribution in [3.05, 3.63) is 57.8 Å². The maximum atomic E-state index is 12.6. The fourth-order valence-corrected chi connectivity index (χ4v) is 2.62. The topological polar surface area (TPSA) is 93.1 Å². The Morgan fingerprint density at radius 1 is 1.31 bits per heavy atom. The minimum atomic E-state index is -0.506. The van der Waals surface area contributed by atoms with Crippen LogP contribution in [0.1, 0.15) is 41.5 Å². The fourth-order valence-electron chi connectivity index (χ4n) is 2.62. The molecule has 1 saturated carbocycles. The smallest absolute Gasteiger partial charge is 0.266 e. The molecule has 1 heterocycles. The van der Waals surface area contributed by atoms with Crippen LogP contribution in [0.4, 0.5) is 5.69 Å². The van der Waals surface area contributed by atoms with Crippen molar-refractivity contribution < 1.29 is 9.59 Å². The third-order valence-corrected chi connectivity index (χ3v) is 4.32. The van der Waals surface area contributed by atoms with E-state index in [1.165, 1.54) is 10.8 Å². The van der Waals surface area contributed by atoms with Crippen LogP contribution in [0.2, 0.25) is 0 Å². The van der Waals surface area contributed by atoms with Gasteiger partial charge in [0.05, 0.1) is 0 Å². The van der Waals surface area contributed by atoms with Crippen molar-refractivity contribution >= 4 is 17.5 Å². The number of anilines is 1. The third kappa shape index (κ3) is 4.17. The molecular formula is C19H22N4O3. The summed E-state index contributed by atoms with van der Waals surface area (Å²) in [7, 11) is 0. The number of amides is 2. The summed E-state index contributed by atoms with van der Waals surface area (Å²) in [6, 6.07) is 7.69. The molecule has 1 fully saturated rings. The molecule has 0 bridgehead atoms. The first-order chi connectivity index (χ1) is 12.5. The summed E-state index contributed by atoms with van der Waals surface area (Å²) in [5, 5.41) is 5.55. The lowest BCUT2D eigenvalue weighted by atomic mass is 10.1. The average molecular weight is 354 g/mol. The summed E-state index contributed by atoms with van der Waals surface area (Å²) >= 11 is 0. The van der Waals surface area contributed by atoms with Gasteiger partial charge in [-0.2, -0.15) is 0 Å². The van der Waals surface area contributed by atoms with E-state index < -0.39 is 11.5 Å². The van der Waals surface area contributed by atoms with Crippen molar-refractivity contribution in [2.24, 2.45) is 0 Å². The van der Waals surface area contributed by atoms with Gasteiger partial charge in [-0.3, -0.25) is 19.0 Å². The zero-order valence-electron chi connectivity index (χ0n) is 14.9. The average Bonchev–Trinajstić information content (AvgIpc) is 3.42. The molecule has 1 aliphatic carbocycles. The Labute approximate surface area is 151 Å². The van der Waals surface area contributed by atoms with Gasteiger partial charge in [0.15, 0.2) is 0 Å². The van der Waals surface area contributed by atoms with Crippen molar-refractivity contribution in [1.82, 2.24) is 14.9 Å². The number of aryl methyl sites for hydroxylation is 2. The standard InChI is InChI=1S/C19H22N4O3/c1-3-13-5-4-6-15(9-13)21-17(24)11-23-12(2)20-10-16(19(23)26)18(25)22-14-7-8-14/h4-6,9-10,14H,3,7-8,11H2,1-2H3,(H,21,24)(H,22,25). The Morgan fingerprint density at radius 2 is 2.08 bits per heavy atom. The fraction of sp³-hybridized carbons (Fsp3) is 0.368. The van der Waals surface area contributed by atoms with Gasteiger partial charge < -0.3 is 10.6 Å². The highest BCUT2D eigenvalue weighted by atomic mass is 16.2. The van der Waals surface area contributed by atoms with Crippen LogP contribution in [0.25, 0.3) is 0 Å². The maximum absolute atomic E-state index is 12.6. The summed E-state index contributed by atoms with van der Waals surface area (Å²) in [6.45, 7) is 3.47. The number of carbonyl (C=O) groups is 2. The molecule has 7 nitrogen and oxygen atoms in total. The van der Waals surface area contributed by atoms with Gasteiger partial charge in [0.2, 0.25) is 5.91 Å². The van der Waals surface area contributed by atoms with Crippen LogP contribution in [0.5, 0.6) is 0 Å². The molecule has 0 saturated heterocycles. The van der Waals surface area contributed by atoms with Gasteiger partial charge in [-0.05, 0) is 43.9 Å². The number of hydrogen-bond acceptors (Lipinski definition) is 4. The monoisotopic (exact) mass is 354 g/mol. The second-order valence-corrected chi connectivity index (χ2v) is 6.46. The van der Waals surface area contributed by atoms with E-state index >= 15 is 0 Å². The van der Waals surface area contributed by atoms with E-state index in [2.05, 4.69) is 15.6 Å². The number of nitrogens with one attached hydrogen (secondary N) is 2. The molecule has 7 heteroatoms. The number of benzene rings is 1. The van der Waals surface area contributed by atoms with E-state index in [1.54, 1.807) is 13.0 Å². The molecule has 0 atom stereocenters. The van der Waals surface area contributed by atoms with Gasteiger partial charge in [0.25, 0.3) is 11.5 Å². The summed E-state index contributed by atoms with van der Waals surface area (Å²) in [6.07, 6.45) is 4.00. The zero-order chi connectivity index (χ0) is 18.7. The van der Waals surface area contributed by atoms with Crippen molar-refractivity contribution in [1.29, 1.82) is 0 Å². The summed E-state index contributed by atoms with van der Waals surface area (Å²) < 4.78 is 1.22. The second kappa shape index (κ2) is 7.51. The van der Waals surface area contributed by atoms with Gasteiger partial charge >= 0.3 is 0 Å². The third-order valence-electron chi connectivity index (χ3n) is 4.32. The highest BCUT2D eigenvalue weighted by Gasteiger charge is 2.25. The molecule has 3 rings (SSSR count). The van der Waals surface area contributed by atoms with E-state index in [0.717, 1.165) is 24.8 Å². The predicted molar refractivity (Wildman–Crippen MR) is 98.2 cm³/mol. The maximum Gasteiger partial charge on any atom is 0.266 e. The Morgan fingerprint density at radius 3 is 2.77 bits per heavy atom. The molecule has 2 N–H and O–H groups in total. The molecular weight excluding hydrogens is 332 g/mol. The molecule has 0 aliphatic heterocycles. The van der Waals surface area contributed by atoms with Crippen molar-refractivity contribution in [3.63, 3.8) is 0 Å². The normalized spacial score (nSPS) is 13.3. The van der Waals surface area contributed by atoms with Gasteiger partial charge in [-0.25, -0.2) is 4.98 Å². The first-order valence-electron chi connectivity index (χ1n) is 8.74. The van der Waals surface area contributed by atoms with E-state index in [9.17, 15) is 14.4 Å². The highest BCUT2D eigenvalue weighted by molar-refractivity contribution is 5.94. The summed E-state index contributed by atoms with van der Waals surface area (Å²) in [5.41, 5.74) is 1.24. The van der Waals surface area contributed by atoms with Crippen LogP contribution >= 0.6 is 0 Å². The van der Waals surface area contributed by atoms with Crippen molar-refractivity contribution in [2.75, 3.05) is 5.32 Å². The number of aromatic nitrogens is 2. The van der Waals surface area contributed by atoms with Gasteiger partial charge in [0, 0.05) is 17.9 Å². The van der Waals surface area contributed by atoms with E-state index in [1.807, 2.05) is 25.1 Å². The molecule has 1 aromatic heterocycles. The van der Waals surface area contributed by atoms with Crippen LogP contribution < -0.4 is 16.2 Å². The summed E-state index contributed by atoms with van der Waals surface area (Å²) in [4.78, 5) is 41.2. The lowest BCUT2D eigenvalue weighted by molar-refractivity contribution is -0.116. The van der Waals surface area contributed by atoms with Crippen LogP contribution in [-0.4, -0.2) is 27.4 Å². The van der Waals surface area contributed by atoms with Gasteiger partial charge in [0.1, 0.15) is 17.9 Å². The van der Waals surface area contributed by atoms with Crippen LogP contribution in [0.3, 0.4) is 0 Å². The van der Waals surface area contributed by atoms with Crippen molar-refractivity contribution in [2.45, 2.75) is 45.7 Å². The molecule has 2 aromatic rings. The summed E-state index contributed by atoms with van der Waals surface area (Å²) in [5.74, 6) is -0.393. The molecule has 1 aromatic carbocycles. The van der Waals surface area contributed by atoms with Crippen LogP contribution in [0.15, 0.2) is 35.3 Å². The molecule has 136 valence electrons. The zero-order valence-corrected chi connectivity index (χ0v) is 14.9. The molecule has 0 spiro atoms. The minimum absolute atomic E-state index is 0.0386. The van der Waals surface area contributed by atoms with E-state index in [-0.39, 0.29) is 24.1 Å². The lowest BCUT2D eigenvalue weighted by Gasteiger charge is -2.12. The van der Waals surface area contributed by atoms with Crippen LogP contribution in [0, 0.1) is 6.92 Å². The van der Waals surface area contributed by atoms with Crippen molar-refractivity contribution in [3.8, 4) is 0 Å². The first kappa shape index (κ1) is 17.8. The molecule has 26 heavy (non-hydrogen) atoms. The molecule has 0 radical (unpaired) electrons. The van der Waals surface area contributed by atoms with E-state index in [0.29, 0.717) is 11.5 Å².